The van der Waals surface area contributed by atoms with Gasteiger partial charge >= 0.3 is 5.97 Å². The lowest BCUT2D eigenvalue weighted by Crippen LogP contribution is -2.39. The molecule has 1 amide bonds. The molecule has 2 N–H and O–H groups in total. The van der Waals surface area contributed by atoms with Crippen LogP contribution < -0.4 is 5.32 Å². The summed E-state index contributed by atoms with van der Waals surface area (Å²) in [5, 5.41) is 12.5. The summed E-state index contributed by atoms with van der Waals surface area (Å²) in [7, 11) is 0. The van der Waals surface area contributed by atoms with Gasteiger partial charge in [0.05, 0.1) is 12.0 Å². The van der Waals surface area contributed by atoms with Gasteiger partial charge in [0.2, 0.25) is 5.91 Å². The fraction of sp³-hybridized carbons (Fsp3) is 0.556. The van der Waals surface area contributed by atoms with Gasteiger partial charge in [0.25, 0.3) is 0 Å². The zero-order valence-corrected chi connectivity index (χ0v) is 13.5. The van der Waals surface area contributed by atoms with E-state index in [1.807, 2.05) is 36.1 Å². The monoisotopic (exact) mass is 316 g/mol. The third-order valence-electron chi connectivity index (χ3n) is 5.34. The third kappa shape index (κ3) is 3.24. The summed E-state index contributed by atoms with van der Waals surface area (Å²) in [5.74, 6) is -0.529. The summed E-state index contributed by atoms with van der Waals surface area (Å²) in [6.45, 7) is 4.07. The van der Waals surface area contributed by atoms with Crippen molar-refractivity contribution in [3.63, 3.8) is 0 Å². The molecule has 1 aromatic carbocycles. The van der Waals surface area contributed by atoms with Crippen LogP contribution in [0.25, 0.3) is 0 Å². The second kappa shape index (κ2) is 6.32. The third-order valence-corrected chi connectivity index (χ3v) is 5.34. The van der Waals surface area contributed by atoms with E-state index in [1.165, 1.54) is 5.56 Å². The molecule has 23 heavy (non-hydrogen) atoms. The van der Waals surface area contributed by atoms with Crippen LogP contribution in [0.2, 0.25) is 0 Å². The molecule has 2 atom stereocenters. The average Bonchev–Trinajstić information content (AvgIpc) is 3.04. The highest BCUT2D eigenvalue weighted by atomic mass is 16.4. The number of fused-ring (bicyclic) bond motifs is 1. The Balaban J connectivity index is 1.51. The van der Waals surface area contributed by atoms with Gasteiger partial charge in [0, 0.05) is 19.6 Å². The molecule has 2 aliphatic rings. The molecule has 0 radical (unpaired) electrons. The van der Waals surface area contributed by atoms with Crippen molar-refractivity contribution in [3.05, 3.63) is 35.4 Å². The van der Waals surface area contributed by atoms with E-state index in [0.29, 0.717) is 13.1 Å². The molecule has 0 aromatic heterocycles. The van der Waals surface area contributed by atoms with Crippen LogP contribution in [0, 0.1) is 18.3 Å². The molecule has 0 bridgehead atoms. The number of carboxylic acid groups (broad SMARTS) is 1. The Hall–Kier alpha value is -1.88. The summed E-state index contributed by atoms with van der Waals surface area (Å²) in [4.78, 5) is 25.8. The van der Waals surface area contributed by atoms with E-state index in [1.54, 1.807) is 0 Å². The summed E-state index contributed by atoms with van der Waals surface area (Å²) >= 11 is 0. The number of amides is 1. The molecule has 1 heterocycles. The van der Waals surface area contributed by atoms with Gasteiger partial charge in [-0.05, 0) is 31.2 Å². The lowest BCUT2D eigenvalue weighted by Gasteiger charge is -2.23. The Morgan fingerprint density at radius 3 is 2.74 bits per heavy atom. The predicted molar refractivity (Wildman–Crippen MR) is 86.9 cm³/mol. The Morgan fingerprint density at radius 1 is 1.35 bits per heavy atom. The van der Waals surface area contributed by atoms with Crippen LogP contribution in [-0.2, 0) is 16.1 Å². The quantitative estimate of drug-likeness (QED) is 0.869. The van der Waals surface area contributed by atoms with Crippen molar-refractivity contribution in [2.24, 2.45) is 11.3 Å². The zero-order chi connectivity index (χ0) is 16.4. The van der Waals surface area contributed by atoms with Gasteiger partial charge in [-0.15, -0.1) is 0 Å². The highest BCUT2D eigenvalue weighted by Gasteiger charge is 2.54. The van der Waals surface area contributed by atoms with Crippen molar-refractivity contribution in [1.29, 1.82) is 0 Å². The van der Waals surface area contributed by atoms with Crippen molar-refractivity contribution in [1.82, 2.24) is 10.2 Å². The van der Waals surface area contributed by atoms with Crippen LogP contribution in [0.5, 0.6) is 0 Å². The number of aliphatic carboxylic acids is 1. The number of likely N-dealkylation sites (tertiary alicyclic amines) is 1. The highest BCUT2D eigenvalue weighted by Crippen LogP contribution is 2.48. The van der Waals surface area contributed by atoms with Gasteiger partial charge in [0.1, 0.15) is 0 Å². The largest absolute Gasteiger partial charge is 0.481 e. The highest BCUT2D eigenvalue weighted by molar-refractivity contribution is 5.79. The Kier molecular flexibility index (Phi) is 4.39. The molecule has 0 spiro atoms. The lowest BCUT2D eigenvalue weighted by molar-refractivity contribution is -0.149. The van der Waals surface area contributed by atoms with Gasteiger partial charge in [-0.1, -0.05) is 36.2 Å². The SMILES string of the molecule is Cc1ccc(CNC(=O)CN2C[C@@H]3CCC[C@@]3(C(=O)O)C2)cc1. The molecule has 5 heteroatoms. The van der Waals surface area contributed by atoms with Crippen LogP contribution in [0.3, 0.4) is 0 Å². The summed E-state index contributed by atoms with van der Waals surface area (Å²) in [5.41, 5.74) is 1.66. The minimum atomic E-state index is -0.692. The minimum absolute atomic E-state index is 0.0360. The van der Waals surface area contributed by atoms with Gasteiger partial charge in [-0.25, -0.2) is 0 Å². The standard InChI is InChI=1S/C18H24N2O3/c1-13-4-6-14(7-5-13)9-19-16(21)11-20-10-15-3-2-8-18(15,12-20)17(22)23/h4-7,15H,2-3,8-12H2,1H3,(H,19,21)(H,22,23)/t15-,18+/m0/s1. The van der Waals surface area contributed by atoms with Gasteiger partial charge in [0.15, 0.2) is 0 Å². The van der Waals surface area contributed by atoms with E-state index in [0.717, 1.165) is 31.4 Å². The first-order valence-corrected chi connectivity index (χ1v) is 8.27. The number of benzene rings is 1. The maximum absolute atomic E-state index is 12.1. The van der Waals surface area contributed by atoms with Crippen LogP contribution in [0.1, 0.15) is 30.4 Å². The maximum atomic E-state index is 12.1. The number of nitrogens with zero attached hydrogens (tertiary/aromatic N) is 1. The summed E-state index contributed by atoms with van der Waals surface area (Å²) in [6.07, 6.45) is 2.70. The topological polar surface area (TPSA) is 69.6 Å². The number of hydrogen-bond donors (Lipinski definition) is 2. The first kappa shape index (κ1) is 16.0. The molecule has 1 aliphatic heterocycles. The number of carbonyl (C=O) groups is 2. The fourth-order valence-electron chi connectivity index (χ4n) is 4.03. The average molecular weight is 316 g/mol. The number of nitrogens with one attached hydrogen (secondary N) is 1. The molecular weight excluding hydrogens is 292 g/mol. The van der Waals surface area contributed by atoms with Crippen molar-refractivity contribution >= 4 is 11.9 Å². The first-order chi connectivity index (χ1) is 11.0. The Bertz CT molecular complexity index is 599. The number of carbonyl (C=O) groups excluding carboxylic acids is 1. The van der Waals surface area contributed by atoms with Crippen LogP contribution in [-0.4, -0.2) is 41.5 Å². The van der Waals surface area contributed by atoms with Crippen LogP contribution in [0.15, 0.2) is 24.3 Å². The van der Waals surface area contributed by atoms with E-state index in [4.69, 9.17) is 0 Å². The molecular formula is C18H24N2O3. The summed E-state index contributed by atoms with van der Waals surface area (Å²) < 4.78 is 0. The normalized spacial score (nSPS) is 26.9. The molecule has 2 fully saturated rings. The zero-order valence-electron chi connectivity index (χ0n) is 13.5. The lowest BCUT2D eigenvalue weighted by atomic mass is 9.81. The first-order valence-electron chi connectivity index (χ1n) is 8.27. The Morgan fingerprint density at radius 2 is 2.09 bits per heavy atom. The fourth-order valence-corrected chi connectivity index (χ4v) is 4.03. The van der Waals surface area contributed by atoms with Gasteiger partial charge in [-0.3, -0.25) is 14.5 Å². The molecule has 3 rings (SSSR count). The molecule has 5 nitrogen and oxygen atoms in total. The van der Waals surface area contributed by atoms with Crippen LogP contribution >= 0.6 is 0 Å². The van der Waals surface area contributed by atoms with Crippen molar-refractivity contribution in [2.45, 2.75) is 32.7 Å². The van der Waals surface area contributed by atoms with E-state index < -0.39 is 11.4 Å². The molecule has 1 saturated heterocycles. The molecule has 1 aromatic rings. The van der Waals surface area contributed by atoms with Gasteiger partial charge in [-0.2, -0.15) is 0 Å². The van der Waals surface area contributed by atoms with E-state index in [2.05, 4.69) is 5.32 Å². The molecule has 1 aliphatic carbocycles. The number of aryl methyl sites for hydroxylation is 1. The van der Waals surface area contributed by atoms with Crippen LogP contribution in [0.4, 0.5) is 0 Å². The molecule has 1 saturated carbocycles. The molecule has 124 valence electrons. The van der Waals surface area contributed by atoms with Gasteiger partial charge < -0.3 is 10.4 Å². The van der Waals surface area contributed by atoms with Crippen molar-refractivity contribution in [3.8, 4) is 0 Å². The summed E-state index contributed by atoms with van der Waals surface area (Å²) in [6, 6.07) is 8.07. The van der Waals surface area contributed by atoms with E-state index in [9.17, 15) is 14.7 Å². The second-order valence-electron chi connectivity index (χ2n) is 6.98. The maximum Gasteiger partial charge on any atom is 0.311 e. The minimum Gasteiger partial charge on any atom is -0.481 e. The van der Waals surface area contributed by atoms with E-state index in [-0.39, 0.29) is 18.4 Å². The number of hydrogen-bond acceptors (Lipinski definition) is 3. The van der Waals surface area contributed by atoms with Crippen molar-refractivity contribution < 1.29 is 14.7 Å². The number of rotatable bonds is 5. The Labute approximate surface area is 136 Å². The molecule has 0 unspecified atom stereocenters. The van der Waals surface area contributed by atoms with Crippen molar-refractivity contribution in [2.75, 3.05) is 19.6 Å². The second-order valence-corrected chi connectivity index (χ2v) is 6.98. The predicted octanol–water partition coefficient (Wildman–Crippen LogP) is 1.80. The number of carboxylic acids is 1. The van der Waals surface area contributed by atoms with E-state index >= 15 is 0 Å². The smallest absolute Gasteiger partial charge is 0.311 e.